The molecule has 0 saturated heterocycles. The predicted octanol–water partition coefficient (Wildman–Crippen LogP) is 3.25. The van der Waals surface area contributed by atoms with Crippen LogP contribution in [0.4, 0.5) is 0 Å². The fourth-order valence-electron chi connectivity index (χ4n) is 2.70. The van der Waals surface area contributed by atoms with Crippen LogP contribution < -0.4 is 5.32 Å². The molecule has 5 nitrogen and oxygen atoms in total. The second-order valence-corrected chi connectivity index (χ2v) is 6.57. The van der Waals surface area contributed by atoms with E-state index in [2.05, 4.69) is 15.3 Å². The summed E-state index contributed by atoms with van der Waals surface area (Å²) in [4.78, 5) is 21.1. The van der Waals surface area contributed by atoms with E-state index in [0.717, 1.165) is 27.7 Å². The van der Waals surface area contributed by atoms with Crippen LogP contribution in [0, 0.1) is 13.8 Å². The third-order valence-electron chi connectivity index (χ3n) is 4.13. The van der Waals surface area contributed by atoms with Crippen molar-refractivity contribution in [1.82, 2.24) is 15.3 Å². The average molecular weight is 359 g/mol. The highest BCUT2D eigenvalue weighted by atomic mass is 32.2. The molecule has 1 heterocycles. The zero-order chi connectivity index (χ0) is 18.2. The molecule has 0 spiro atoms. The summed E-state index contributed by atoms with van der Waals surface area (Å²) in [6.07, 6.45) is 2.87. The van der Waals surface area contributed by atoms with Gasteiger partial charge in [-0.05, 0) is 37.7 Å². The lowest BCUT2D eigenvalue weighted by atomic mass is 10.1. The van der Waals surface area contributed by atoms with Gasteiger partial charge in [0.15, 0.2) is 5.16 Å². The predicted molar refractivity (Wildman–Crippen MR) is 101 cm³/mol. The highest BCUT2D eigenvalue weighted by molar-refractivity contribution is 7.98. The van der Waals surface area contributed by atoms with Gasteiger partial charge in [0.25, 0.3) is 0 Å². The number of rotatable bonds is 8. The second kappa shape index (κ2) is 9.53. The number of aromatic nitrogens is 2. The topological polar surface area (TPSA) is 64.1 Å². The van der Waals surface area contributed by atoms with Gasteiger partial charge in [0.2, 0.25) is 5.91 Å². The molecular formula is C19H25N3O2S. The number of methoxy groups -OCH3 is 1. The van der Waals surface area contributed by atoms with Crippen LogP contribution in [0.25, 0.3) is 0 Å². The first kappa shape index (κ1) is 19.4. The molecule has 1 atom stereocenters. The summed E-state index contributed by atoms with van der Waals surface area (Å²) in [5.74, 6) is 0.00530. The molecule has 0 bridgehead atoms. The molecule has 0 radical (unpaired) electrons. The third-order valence-corrected chi connectivity index (χ3v) is 4.67. The maximum absolute atomic E-state index is 12.2. The summed E-state index contributed by atoms with van der Waals surface area (Å²) >= 11 is 1.53. The number of amides is 1. The van der Waals surface area contributed by atoms with Crippen molar-refractivity contribution >= 4 is 17.7 Å². The van der Waals surface area contributed by atoms with Crippen LogP contribution in [0.15, 0.2) is 35.5 Å². The van der Waals surface area contributed by atoms with Crippen molar-refractivity contribution in [3.05, 3.63) is 52.8 Å². The first-order chi connectivity index (χ1) is 12.0. The Morgan fingerprint density at radius 3 is 2.40 bits per heavy atom. The van der Waals surface area contributed by atoms with Crippen LogP contribution in [0.1, 0.15) is 35.0 Å². The molecule has 134 valence electrons. The third kappa shape index (κ3) is 5.54. The van der Waals surface area contributed by atoms with Crippen LogP contribution in [-0.2, 0) is 16.0 Å². The van der Waals surface area contributed by atoms with Crippen LogP contribution in [0.3, 0.4) is 0 Å². The van der Waals surface area contributed by atoms with Crippen molar-refractivity contribution in [3.8, 4) is 0 Å². The maximum atomic E-state index is 12.2. The number of carbonyl (C=O) groups is 1. The van der Waals surface area contributed by atoms with Crippen LogP contribution in [0.2, 0.25) is 0 Å². The lowest BCUT2D eigenvalue weighted by molar-refractivity contribution is -0.121. The number of hydrogen-bond acceptors (Lipinski definition) is 5. The molecule has 0 aliphatic rings. The quantitative estimate of drug-likeness (QED) is 0.579. The molecular weight excluding hydrogens is 334 g/mol. The van der Waals surface area contributed by atoms with Gasteiger partial charge in [0.05, 0.1) is 6.10 Å². The van der Waals surface area contributed by atoms with E-state index in [1.54, 1.807) is 7.11 Å². The van der Waals surface area contributed by atoms with Gasteiger partial charge >= 0.3 is 0 Å². The van der Waals surface area contributed by atoms with Crippen molar-refractivity contribution in [2.45, 2.75) is 37.9 Å². The van der Waals surface area contributed by atoms with Crippen molar-refractivity contribution in [2.24, 2.45) is 0 Å². The molecule has 0 fully saturated rings. The minimum absolute atomic E-state index is 0.00530. The van der Waals surface area contributed by atoms with Crippen LogP contribution in [-0.4, -0.2) is 35.8 Å². The van der Waals surface area contributed by atoms with Gasteiger partial charge in [0.1, 0.15) is 0 Å². The Morgan fingerprint density at radius 1 is 1.20 bits per heavy atom. The highest BCUT2D eigenvalue weighted by Gasteiger charge is 2.13. The van der Waals surface area contributed by atoms with Crippen molar-refractivity contribution in [3.63, 3.8) is 0 Å². The molecule has 1 N–H and O–H groups in total. The first-order valence-electron chi connectivity index (χ1n) is 8.27. The monoisotopic (exact) mass is 359 g/mol. The Labute approximate surface area is 153 Å². The zero-order valence-electron chi connectivity index (χ0n) is 15.2. The summed E-state index contributed by atoms with van der Waals surface area (Å²) in [5, 5.41) is 3.73. The number of benzene rings is 1. The van der Waals surface area contributed by atoms with E-state index in [0.29, 0.717) is 19.4 Å². The molecule has 0 aliphatic heterocycles. The number of hydrogen-bond donors (Lipinski definition) is 1. The van der Waals surface area contributed by atoms with E-state index in [-0.39, 0.29) is 12.0 Å². The summed E-state index contributed by atoms with van der Waals surface area (Å²) in [7, 11) is 1.65. The summed E-state index contributed by atoms with van der Waals surface area (Å²) in [6, 6.07) is 9.89. The molecule has 1 unspecified atom stereocenters. The van der Waals surface area contributed by atoms with Gasteiger partial charge in [-0.25, -0.2) is 9.97 Å². The molecule has 2 rings (SSSR count). The van der Waals surface area contributed by atoms with E-state index in [9.17, 15) is 4.79 Å². The van der Waals surface area contributed by atoms with E-state index >= 15 is 0 Å². The fourth-order valence-corrected chi connectivity index (χ4v) is 3.16. The van der Waals surface area contributed by atoms with Crippen LogP contribution >= 0.6 is 11.8 Å². The van der Waals surface area contributed by atoms with Crippen molar-refractivity contribution < 1.29 is 9.53 Å². The minimum atomic E-state index is -0.141. The number of thioether (sulfide) groups is 1. The van der Waals surface area contributed by atoms with E-state index in [4.69, 9.17) is 4.74 Å². The fraction of sp³-hybridized carbons (Fsp3) is 0.421. The smallest absolute Gasteiger partial charge is 0.220 e. The van der Waals surface area contributed by atoms with E-state index < -0.39 is 0 Å². The largest absolute Gasteiger partial charge is 0.375 e. The molecule has 2 aromatic rings. The van der Waals surface area contributed by atoms with Crippen molar-refractivity contribution in [2.75, 3.05) is 19.9 Å². The summed E-state index contributed by atoms with van der Waals surface area (Å²) in [5.41, 5.74) is 4.00. The van der Waals surface area contributed by atoms with Gasteiger partial charge in [-0.15, -0.1) is 0 Å². The zero-order valence-corrected chi connectivity index (χ0v) is 16.0. The lowest BCUT2D eigenvalue weighted by Gasteiger charge is -2.16. The molecule has 1 aromatic heterocycles. The standard InChI is InChI=1S/C19H25N3O2S/c1-13-16(14(2)22-19(21-13)25-4)10-11-18(23)20-12-17(24-3)15-8-6-5-7-9-15/h5-9,17H,10-12H2,1-4H3,(H,20,23). The van der Waals surface area contributed by atoms with Gasteiger partial charge in [-0.1, -0.05) is 42.1 Å². The second-order valence-electron chi connectivity index (χ2n) is 5.80. The SMILES string of the molecule is COC(CNC(=O)CCc1c(C)nc(SC)nc1C)c1ccccc1. The molecule has 1 amide bonds. The Hall–Kier alpha value is -1.92. The number of nitrogens with one attached hydrogen (secondary N) is 1. The number of aryl methyl sites for hydroxylation is 2. The number of nitrogens with zero attached hydrogens (tertiary/aromatic N) is 2. The highest BCUT2D eigenvalue weighted by Crippen LogP contribution is 2.18. The first-order valence-corrected chi connectivity index (χ1v) is 9.50. The van der Waals surface area contributed by atoms with E-state index in [1.165, 1.54) is 11.8 Å². The molecule has 6 heteroatoms. The van der Waals surface area contributed by atoms with Crippen LogP contribution in [0.5, 0.6) is 0 Å². The Bertz CT molecular complexity index is 684. The van der Waals surface area contributed by atoms with Gasteiger partial charge in [-0.3, -0.25) is 4.79 Å². The lowest BCUT2D eigenvalue weighted by Crippen LogP contribution is -2.29. The maximum Gasteiger partial charge on any atom is 0.220 e. The Balaban J connectivity index is 1.89. The molecule has 0 saturated carbocycles. The number of carbonyl (C=O) groups excluding carboxylic acids is 1. The molecule has 1 aromatic carbocycles. The minimum Gasteiger partial charge on any atom is -0.375 e. The van der Waals surface area contributed by atoms with E-state index in [1.807, 2.05) is 50.4 Å². The summed E-state index contributed by atoms with van der Waals surface area (Å²) in [6.45, 7) is 4.40. The molecule has 0 aliphatic carbocycles. The van der Waals surface area contributed by atoms with Gasteiger partial charge < -0.3 is 10.1 Å². The average Bonchev–Trinajstić information content (AvgIpc) is 2.62. The van der Waals surface area contributed by atoms with Crippen molar-refractivity contribution in [1.29, 1.82) is 0 Å². The molecule has 25 heavy (non-hydrogen) atoms. The number of ether oxygens (including phenoxy) is 1. The Kier molecular flexibility index (Phi) is 7.40. The Morgan fingerprint density at radius 2 is 1.84 bits per heavy atom. The van der Waals surface area contributed by atoms with Gasteiger partial charge in [0, 0.05) is 31.5 Å². The summed E-state index contributed by atoms with van der Waals surface area (Å²) < 4.78 is 5.48. The van der Waals surface area contributed by atoms with Gasteiger partial charge in [-0.2, -0.15) is 0 Å². The normalized spacial score (nSPS) is 12.0.